The van der Waals surface area contributed by atoms with Crippen LogP contribution in [0.15, 0.2) is 121 Å². The smallest absolute Gasteiger partial charge is 0.0585 e. The zero-order valence-corrected chi connectivity index (χ0v) is 24.4. The molecule has 0 saturated heterocycles. The Hall–Kier alpha value is -2.83. The summed E-state index contributed by atoms with van der Waals surface area (Å²) in [5, 5.41) is 0.100. The Morgan fingerprint density at radius 3 is 1.18 bits per heavy atom. The van der Waals surface area contributed by atoms with Crippen LogP contribution < -0.4 is 0 Å². The average Bonchev–Trinajstić information content (AvgIpc) is 3.01. The largest absolute Gasteiger partial charge is 0.118 e. The summed E-state index contributed by atoms with van der Waals surface area (Å²) >= 11 is 6.76. The van der Waals surface area contributed by atoms with Crippen LogP contribution in [0.4, 0.5) is 0 Å². The Kier molecular flexibility index (Phi) is 12.2. The minimum Gasteiger partial charge on any atom is -0.118 e. The molecule has 0 heterocycles. The molecule has 4 rings (SSSR count). The second-order valence-corrected chi connectivity index (χ2v) is 11.7. The van der Waals surface area contributed by atoms with Gasteiger partial charge in [-0.1, -0.05) is 148 Å². The lowest BCUT2D eigenvalue weighted by atomic mass is 9.83. The summed E-state index contributed by atoms with van der Waals surface area (Å²) in [5.41, 5.74) is 5.69. The first-order valence-corrected chi connectivity index (χ1v) is 15.5. The van der Waals surface area contributed by atoms with Gasteiger partial charge >= 0.3 is 0 Å². The topological polar surface area (TPSA) is 0 Å². The fourth-order valence-corrected chi connectivity index (χ4v) is 6.31. The van der Waals surface area contributed by atoms with E-state index in [9.17, 15) is 0 Å². The fraction of sp³-hybridized carbons (Fsp3) is 0.368. The quantitative estimate of drug-likeness (QED) is 0.125. The molecular weight excluding hydrogens is 492 g/mol. The number of benzene rings is 4. The van der Waals surface area contributed by atoms with Gasteiger partial charge in [0.05, 0.1) is 5.38 Å². The number of hydrogen-bond acceptors (Lipinski definition) is 0. The second kappa shape index (κ2) is 16.3. The van der Waals surface area contributed by atoms with Crippen molar-refractivity contribution in [2.45, 2.75) is 87.8 Å². The van der Waals surface area contributed by atoms with Crippen LogP contribution in [-0.4, -0.2) is 0 Å². The predicted molar refractivity (Wildman–Crippen MR) is 170 cm³/mol. The monoisotopic (exact) mass is 536 g/mol. The van der Waals surface area contributed by atoms with E-state index in [2.05, 4.69) is 128 Å². The van der Waals surface area contributed by atoms with E-state index in [1.807, 2.05) is 0 Å². The first kappa shape index (κ1) is 29.2. The molecule has 1 heteroatoms. The van der Waals surface area contributed by atoms with E-state index >= 15 is 0 Å². The Labute approximate surface area is 242 Å². The SMILES string of the molecule is CC(CCCC(CCCC(CCCC(Cl)c1ccccc1)c1ccccc1)c1ccccc1)c1ccccc1. The van der Waals surface area contributed by atoms with E-state index in [-0.39, 0.29) is 5.38 Å². The van der Waals surface area contributed by atoms with Gasteiger partial charge in [0.1, 0.15) is 0 Å². The third kappa shape index (κ3) is 9.70. The van der Waals surface area contributed by atoms with Crippen LogP contribution in [0.1, 0.15) is 110 Å². The normalized spacial score (nSPS) is 14.4. The summed E-state index contributed by atoms with van der Waals surface area (Å²) in [6, 6.07) is 43.9. The van der Waals surface area contributed by atoms with Crippen LogP contribution in [0.2, 0.25) is 0 Å². The average molecular weight is 537 g/mol. The third-order valence-corrected chi connectivity index (χ3v) is 8.85. The molecule has 0 aromatic heterocycles. The van der Waals surface area contributed by atoms with Crippen molar-refractivity contribution in [3.63, 3.8) is 0 Å². The molecule has 0 saturated carbocycles. The highest BCUT2D eigenvalue weighted by atomic mass is 35.5. The summed E-state index contributed by atoms with van der Waals surface area (Å²) in [4.78, 5) is 0. The zero-order chi connectivity index (χ0) is 27.1. The molecule has 0 N–H and O–H groups in total. The van der Waals surface area contributed by atoms with E-state index in [0.29, 0.717) is 17.8 Å². The van der Waals surface area contributed by atoms with Gasteiger partial charge in [0.15, 0.2) is 0 Å². The number of halogens is 1. The van der Waals surface area contributed by atoms with Crippen molar-refractivity contribution in [1.29, 1.82) is 0 Å². The molecule has 0 bridgehead atoms. The van der Waals surface area contributed by atoms with Gasteiger partial charge in [0, 0.05) is 0 Å². The molecule has 4 atom stereocenters. The second-order valence-electron chi connectivity index (χ2n) is 11.2. The lowest BCUT2D eigenvalue weighted by Crippen LogP contribution is -2.04. The van der Waals surface area contributed by atoms with Crippen LogP contribution >= 0.6 is 11.6 Å². The molecule has 0 aliphatic rings. The van der Waals surface area contributed by atoms with Crippen molar-refractivity contribution in [2.24, 2.45) is 0 Å². The number of hydrogen-bond donors (Lipinski definition) is 0. The first-order valence-electron chi connectivity index (χ1n) is 15.0. The maximum Gasteiger partial charge on any atom is 0.0585 e. The highest BCUT2D eigenvalue weighted by Crippen LogP contribution is 2.35. The van der Waals surface area contributed by atoms with Crippen LogP contribution in [0.3, 0.4) is 0 Å². The molecule has 0 amide bonds. The van der Waals surface area contributed by atoms with Gasteiger partial charge in [-0.05, 0) is 78.5 Å². The van der Waals surface area contributed by atoms with Crippen molar-refractivity contribution in [1.82, 2.24) is 0 Å². The van der Waals surface area contributed by atoms with Gasteiger partial charge in [-0.15, -0.1) is 11.6 Å². The molecule has 204 valence electrons. The summed E-state index contributed by atoms with van der Waals surface area (Å²) in [6.07, 6.45) is 10.9. The molecule has 0 aliphatic heterocycles. The zero-order valence-electron chi connectivity index (χ0n) is 23.6. The molecule has 0 radical (unpaired) electrons. The Balaban J connectivity index is 1.32. The summed E-state index contributed by atoms with van der Waals surface area (Å²) < 4.78 is 0. The minimum absolute atomic E-state index is 0.100. The van der Waals surface area contributed by atoms with Crippen molar-refractivity contribution in [3.8, 4) is 0 Å². The van der Waals surface area contributed by atoms with Gasteiger partial charge in [0.25, 0.3) is 0 Å². The van der Waals surface area contributed by atoms with E-state index < -0.39 is 0 Å². The molecule has 4 aromatic rings. The van der Waals surface area contributed by atoms with E-state index in [1.54, 1.807) is 0 Å². The van der Waals surface area contributed by atoms with Crippen LogP contribution in [0.5, 0.6) is 0 Å². The van der Waals surface area contributed by atoms with Gasteiger partial charge in [-0.2, -0.15) is 0 Å². The van der Waals surface area contributed by atoms with Crippen molar-refractivity contribution >= 4 is 11.6 Å². The third-order valence-electron chi connectivity index (χ3n) is 8.38. The molecule has 0 fully saturated rings. The van der Waals surface area contributed by atoms with Gasteiger partial charge in [-0.25, -0.2) is 0 Å². The van der Waals surface area contributed by atoms with Gasteiger partial charge < -0.3 is 0 Å². The number of rotatable bonds is 16. The van der Waals surface area contributed by atoms with Crippen molar-refractivity contribution in [2.75, 3.05) is 0 Å². The molecule has 0 spiro atoms. The molecule has 39 heavy (non-hydrogen) atoms. The van der Waals surface area contributed by atoms with Gasteiger partial charge in [-0.3, -0.25) is 0 Å². The molecule has 4 unspecified atom stereocenters. The molecular formula is C38H45Cl. The van der Waals surface area contributed by atoms with E-state index in [0.717, 1.165) is 12.8 Å². The lowest BCUT2D eigenvalue weighted by molar-refractivity contribution is 0.460. The first-order chi connectivity index (χ1) is 19.2. The van der Waals surface area contributed by atoms with Crippen molar-refractivity contribution in [3.05, 3.63) is 144 Å². The fourth-order valence-electron chi connectivity index (χ4n) is 6.01. The van der Waals surface area contributed by atoms with E-state index in [4.69, 9.17) is 11.6 Å². The maximum atomic E-state index is 6.76. The standard InChI is InChI=1S/C38H45Cl/c1-31(32-18-6-2-7-19-32)17-14-26-35(33-20-8-3-9-21-33)27-15-28-36(34-22-10-4-11-23-34)29-16-30-38(39)37-24-12-5-13-25-37/h2-13,18-25,31,35-36,38H,14-17,26-30H2,1H3. The summed E-state index contributed by atoms with van der Waals surface area (Å²) in [5.74, 6) is 1.85. The molecule has 4 aromatic carbocycles. The molecule has 0 nitrogen and oxygen atoms in total. The Morgan fingerprint density at radius 2 is 0.744 bits per heavy atom. The minimum atomic E-state index is 0.100. The highest BCUT2D eigenvalue weighted by Gasteiger charge is 2.17. The Morgan fingerprint density at radius 1 is 0.410 bits per heavy atom. The van der Waals surface area contributed by atoms with Gasteiger partial charge in [0.2, 0.25) is 0 Å². The van der Waals surface area contributed by atoms with Crippen LogP contribution in [-0.2, 0) is 0 Å². The molecule has 0 aliphatic carbocycles. The van der Waals surface area contributed by atoms with E-state index in [1.165, 1.54) is 67.2 Å². The number of alkyl halides is 1. The van der Waals surface area contributed by atoms with Crippen LogP contribution in [0.25, 0.3) is 0 Å². The maximum absolute atomic E-state index is 6.76. The van der Waals surface area contributed by atoms with Crippen molar-refractivity contribution < 1.29 is 0 Å². The predicted octanol–water partition coefficient (Wildman–Crippen LogP) is 11.8. The highest BCUT2D eigenvalue weighted by molar-refractivity contribution is 6.20. The van der Waals surface area contributed by atoms with Crippen LogP contribution in [0, 0.1) is 0 Å². The lowest BCUT2D eigenvalue weighted by Gasteiger charge is -2.22. The summed E-state index contributed by atoms with van der Waals surface area (Å²) in [7, 11) is 0. The Bertz CT molecular complexity index is 1060. The summed E-state index contributed by atoms with van der Waals surface area (Å²) in [6.45, 7) is 2.38.